The van der Waals surface area contributed by atoms with Gasteiger partial charge in [-0.2, -0.15) is 8.78 Å². The number of halogens is 7. The average Bonchev–Trinajstić information content (AvgIpc) is 2.91. The third kappa shape index (κ3) is 5.82. The molecule has 8 heteroatoms. The van der Waals surface area contributed by atoms with Gasteiger partial charge in [0.15, 0.2) is 17.5 Å². The number of ether oxygens (including phenoxy) is 1. The molecule has 0 aromatic heterocycles. The van der Waals surface area contributed by atoms with Crippen LogP contribution in [0, 0.1) is 46.8 Å². The van der Waals surface area contributed by atoms with E-state index in [9.17, 15) is 30.7 Å². The second-order valence-electron chi connectivity index (χ2n) is 11.5. The topological polar surface area (TPSA) is 9.23 Å². The number of rotatable bonds is 7. The first-order valence-electron chi connectivity index (χ1n) is 14.2. The third-order valence-electron chi connectivity index (χ3n) is 9.04. The average molecular weight is 567 g/mol. The molecule has 0 amide bonds. The van der Waals surface area contributed by atoms with E-state index in [1.165, 1.54) is 38.5 Å². The van der Waals surface area contributed by atoms with E-state index in [0.717, 1.165) is 61.9 Å². The van der Waals surface area contributed by atoms with Crippen molar-refractivity contribution in [1.29, 1.82) is 0 Å². The Morgan fingerprint density at radius 1 is 0.725 bits per heavy atom. The molecule has 0 atom stereocenters. The molecule has 3 aromatic rings. The lowest BCUT2D eigenvalue weighted by Crippen LogP contribution is -2.26. The smallest absolute Gasteiger partial charge is 0.429 e. The highest BCUT2D eigenvalue weighted by Gasteiger charge is 2.42. The minimum atomic E-state index is -4.41. The van der Waals surface area contributed by atoms with Gasteiger partial charge < -0.3 is 4.74 Å². The maximum Gasteiger partial charge on any atom is 0.432 e. The minimum Gasteiger partial charge on any atom is -0.429 e. The Hall–Kier alpha value is -2.77. The molecule has 0 heterocycles. The Morgan fingerprint density at radius 2 is 1.32 bits per heavy atom. The van der Waals surface area contributed by atoms with Crippen molar-refractivity contribution in [2.45, 2.75) is 83.2 Å². The van der Waals surface area contributed by atoms with E-state index in [2.05, 4.69) is 11.7 Å². The summed E-state index contributed by atoms with van der Waals surface area (Å²) in [5.74, 6) is -6.08. The van der Waals surface area contributed by atoms with Gasteiger partial charge in [-0.25, -0.2) is 22.0 Å². The molecule has 0 saturated heterocycles. The molecule has 2 aliphatic carbocycles. The maximum absolute atomic E-state index is 15.0. The lowest BCUT2D eigenvalue weighted by molar-refractivity contribution is -0.189. The van der Waals surface area contributed by atoms with Crippen LogP contribution in [0.1, 0.15) is 88.2 Å². The summed E-state index contributed by atoms with van der Waals surface area (Å²) in [7, 11) is 0. The largest absolute Gasteiger partial charge is 0.432 e. The molecule has 0 radical (unpaired) electrons. The summed E-state index contributed by atoms with van der Waals surface area (Å²) in [5.41, 5.74) is -1.18. The van der Waals surface area contributed by atoms with Gasteiger partial charge in [-0.15, -0.1) is 0 Å². The fourth-order valence-corrected chi connectivity index (χ4v) is 6.93. The van der Waals surface area contributed by atoms with Crippen LogP contribution in [-0.2, 0) is 6.11 Å². The number of hydrogen-bond donors (Lipinski definition) is 0. The van der Waals surface area contributed by atoms with Crippen molar-refractivity contribution in [3.8, 4) is 5.75 Å². The zero-order chi connectivity index (χ0) is 28.6. The second kappa shape index (κ2) is 11.6. The minimum absolute atomic E-state index is 0.106. The molecule has 216 valence electrons. The zero-order valence-electron chi connectivity index (χ0n) is 22.4. The van der Waals surface area contributed by atoms with Gasteiger partial charge in [0.1, 0.15) is 22.9 Å². The van der Waals surface area contributed by atoms with Crippen LogP contribution >= 0.6 is 0 Å². The highest BCUT2D eigenvalue weighted by molar-refractivity contribution is 5.84. The van der Waals surface area contributed by atoms with Crippen LogP contribution in [0.3, 0.4) is 0 Å². The highest BCUT2D eigenvalue weighted by Crippen LogP contribution is 2.45. The van der Waals surface area contributed by atoms with E-state index in [-0.39, 0.29) is 16.7 Å². The zero-order valence-corrected chi connectivity index (χ0v) is 22.4. The molecule has 5 rings (SSSR count). The molecule has 3 aromatic carbocycles. The maximum atomic E-state index is 15.0. The summed E-state index contributed by atoms with van der Waals surface area (Å²) in [6, 6.07) is 5.24. The molecule has 2 saturated carbocycles. The summed E-state index contributed by atoms with van der Waals surface area (Å²) < 4.78 is 106. The van der Waals surface area contributed by atoms with Gasteiger partial charge in [0.25, 0.3) is 0 Å². The van der Waals surface area contributed by atoms with Crippen LogP contribution in [0.25, 0.3) is 10.8 Å². The predicted octanol–water partition coefficient (Wildman–Crippen LogP) is 10.5. The highest BCUT2D eigenvalue weighted by atomic mass is 19.3. The fraction of sp³-hybridized carbons (Fsp3) is 0.500. The Bertz CT molecular complexity index is 1330. The van der Waals surface area contributed by atoms with Crippen molar-refractivity contribution in [2.24, 2.45) is 17.8 Å². The Kier molecular flexibility index (Phi) is 8.35. The first kappa shape index (κ1) is 28.7. The van der Waals surface area contributed by atoms with Crippen LogP contribution < -0.4 is 4.74 Å². The molecule has 40 heavy (non-hydrogen) atoms. The van der Waals surface area contributed by atoms with E-state index in [0.29, 0.717) is 23.5 Å². The van der Waals surface area contributed by atoms with Gasteiger partial charge in [0.05, 0.1) is 0 Å². The quantitative estimate of drug-likeness (QED) is 0.204. The van der Waals surface area contributed by atoms with Gasteiger partial charge in [0.2, 0.25) is 0 Å². The lowest BCUT2D eigenvalue weighted by atomic mass is 9.68. The monoisotopic (exact) mass is 566 g/mol. The normalized spacial score (nSPS) is 23.9. The SMILES string of the molecule is CCCC1CCC(C2CCC(c3cc(F)c(C(F)(F)Oc4ccc5c(F)c(F)c(F)cc5c4)c(F)c3)CC2)CC1. The first-order chi connectivity index (χ1) is 19.1. The van der Waals surface area contributed by atoms with Gasteiger partial charge in [0, 0.05) is 5.39 Å². The summed E-state index contributed by atoms with van der Waals surface area (Å²) in [4.78, 5) is 0. The molecule has 2 aliphatic rings. The van der Waals surface area contributed by atoms with Gasteiger partial charge in [-0.3, -0.25) is 0 Å². The number of fused-ring (bicyclic) bond motifs is 1. The number of hydrogen-bond acceptors (Lipinski definition) is 1. The van der Waals surface area contributed by atoms with Crippen LogP contribution in [0.15, 0.2) is 36.4 Å². The van der Waals surface area contributed by atoms with Crippen molar-refractivity contribution >= 4 is 10.8 Å². The van der Waals surface area contributed by atoms with E-state index in [1.54, 1.807) is 0 Å². The van der Waals surface area contributed by atoms with E-state index < -0.39 is 46.5 Å². The van der Waals surface area contributed by atoms with Crippen LogP contribution in [0.5, 0.6) is 5.75 Å². The second-order valence-corrected chi connectivity index (χ2v) is 11.5. The van der Waals surface area contributed by atoms with E-state index in [4.69, 9.17) is 0 Å². The third-order valence-corrected chi connectivity index (χ3v) is 9.04. The van der Waals surface area contributed by atoms with Gasteiger partial charge in [-0.1, -0.05) is 32.6 Å². The predicted molar refractivity (Wildman–Crippen MR) is 140 cm³/mol. The summed E-state index contributed by atoms with van der Waals surface area (Å²) >= 11 is 0. The van der Waals surface area contributed by atoms with E-state index >= 15 is 0 Å². The Labute approximate surface area is 229 Å². The molecule has 0 bridgehead atoms. The van der Waals surface area contributed by atoms with Crippen LogP contribution in [0.2, 0.25) is 0 Å². The number of benzene rings is 3. The van der Waals surface area contributed by atoms with Crippen molar-refractivity contribution in [2.75, 3.05) is 0 Å². The van der Waals surface area contributed by atoms with Gasteiger partial charge in [-0.05, 0) is 110 Å². The molecule has 0 aliphatic heterocycles. The fourth-order valence-electron chi connectivity index (χ4n) is 6.93. The Morgan fingerprint density at radius 3 is 1.93 bits per heavy atom. The van der Waals surface area contributed by atoms with Crippen molar-refractivity contribution in [3.05, 3.63) is 76.6 Å². The standard InChI is InChI=1S/C32H33F7O/c1-2-3-18-4-6-19(7-5-18)20-8-10-21(11-9-20)22-15-26(33)29(27(34)16-22)32(38,39)40-24-12-13-25-23(14-24)17-28(35)31(37)30(25)36/h12-21H,2-11H2,1H3. The molecule has 1 nitrogen and oxygen atoms in total. The van der Waals surface area contributed by atoms with Gasteiger partial charge >= 0.3 is 6.11 Å². The van der Waals surface area contributed by atoms with Crippen LogP contribution in [-0.4, -0.2) is 0 Å². The molecule has 2 fully saturated rings. The van der Waals surface area contributed by atoms with Crippen molar-refractivity contribution < 1.29 is 35.5 Å². The summed E-state index contributed by atoms with van der Waals surface area (Å²) in [6.07, 6.45) is 6.58. The Balaban J connectivity index is 1.27. The molecule has 0 spiro atoms. The van der Waals surface area contributed by atoms with Crippen molar-refractivity contribution in [1.82, 2.24) is 0 Å². The number of alkyl halides is 2. The summed E-state index contributed by atoms with van der Waals surface area (Å²) in [6.45, 7) is 2.22. The summed E-state index contributed by atoms with van der Waals surface area (Å²) in [5, 5.41) is -0.597. The molecular formula is C32H33F7O. The lowest BCUT2D eigenvalue weighted by Gasteiger charge is -2.38. The molecule has 0 unspecified atom stereocenters. The van der Waals surface area contributed by atoms with Crippen molar-refractivity contribution in [3.63, 3.8) is 0 Å². The molecule has 0 N–H and O–H groups in total. The van der Waals surface area contributed by atoms with Crippen LogP contribution in [0.4, 0.5) is 30.7 Å². The molecular weight excluding hydrogens is 533 g/mol. The van der Waals surface area contributed by atoms with E-state index in [1.807, 2.05) is 0 Å². The first-order valence-corrected chi connectivity index (χ1v) is 14.2.